The Morgan fingerprint density at radius 3 is 2.75 bits per heavy atom. The molecule has 1 unspecified atom stereocenters. The zero-order valence-electron chi connectivity index (χ0n) is 17.8. The summed E-state index contributed by atoms with van der Waals surface area (Å²) in [6, 6.07) is 17.0. The molecule has 162 valence electrons. The molecule has 32 heavy (non-hydrogen) atoms. The Morgan fingerprint density at radius 1 is 1.28 bits per heavy atom. The Hall–Kier alpha value is -4.25. The van der Waals surface area contributed by atoms with E-state index in [2.05, 4.69) is 21.6 Å². The van der Waals surface area contributed by atoms with Crippen LogP contribution in [0.1, 0.15) is 35.2 Å². The maximum atomic E-state index is 12.3. The number of nitriles is 1. The Kier molecular flexibility index (Phi) is 5.81. The van der Waals surface area contributed by atoms with Gasteiger partial charge >= 0.3 is 0 Å². The topological polar surface area (TPSA) is 126 Å². The van der Waals surface area contributed by atoms with Crippen LogP contribution in [0.3, 0.4) is 0 Å². The molecule has 2 heterocycles. The van der Waals surface area contributed by atoms with Gasteiger partial charge in [0, 0.05) is 16.9 Å². The first-order valence-electron chi connectivity index (χ1n) is 10.2. The second-order valence-corrected chi connectivity index (χ2v) is 7.41. The summed E-state index contributed by atoms with van der Waals surface area (Å²) in [6.07, 6.45) is 0.826. The summed E-state index contributed by atoms with van der Waals surface area (Å²) < 4.78 is 11.1. The van der Waals surface area contributed by atoms with Crippen LogP contribution < -0.4 is 20.5 Å². The van der Waals surface area contributed by atoms with Gasteiger partial charge in [-0.1, -0.05) is 37.3 Å². The molecule has 0 saturated carbocycles. The second kappa shape index (κ2) is 8.86. The van der Waals surface area contributed by atoms with Crippen molar-refractivity contribution in [2.24, 2.45) is 5.73 Å². The van der Waals surface area contributed by atoms with Crippen LogP contribution in [0, 0.1) is 18.3 Å². The van der Waals surface area contributed by atoms with E-state index >= 15 is 0 Å². The quantitative estimate of drug-likeness (QED) is 0.550. The fourth-order valence-electron chi connectivity index (χ4n) is 3.77. The summed E-state index contributed by atoms with van der Waals surface area (Å²) in [5, 5.41) is 19.5. The summed E-state index contributed by atoms with van der Waals surface area (Å²) in [5.41, 5.74) is 10.5. The number of fused-ring (bicyclic) bond motifs is 1. The van der Waals surface area contributed by atoms with Crippen LogP contribution >= 0.6 is 0 Å². The highest BCUT2D eigenvalue weighted by Gasteiger charge is 2.34. The molecule has 2 aromatic carbocycles. The van der Waals surface area contributed by atoms with Gasteiger partial charge < -0.3 is 20.5 Å². The van der Waals surface area contributed by atoms with Crippen LogP contribution in [0.2, 0.25) is 0 Å². The van der Waals surface area contributed by atoms with E-state index < -0.39 is 5.92 Å². The number of carbonyl (C=O) groups excluding carboxylic acids is 1. The van der Waals surface area contributed by atoms with Gasteiger partial charge in [0.2, 0.25) is 11.8 Å². The molecule has 1 aromatic heterocycles. The standard InChI is InChI=1S/C24H23N5O3/c1-3-15-6-4-5-7-19(15)27-20(30)13-31-17-10-8-16(9-11-17)22-18(12-25)23(26)32-24-21(22)14(2)28-29-24/h4-11,22H,3,13,26H2,1-2H3,(H,27,30)(H,28,29). The smallest absolute Gasteiger partial charge is 0.262 e. The van der Waals surface area contributed by atoms with Crippen molar-refractivity contribution in [3.05, 3.63) is 82.4 Å². The summed E-state index contributed by atoms with van der Waals surface area (Å²) in [6.45, 7) is 3.79. The molecule has 4 N–H and O–H groups in total. The first kappa shape index (κ1) is 21.0. The molecular formula is C24H23N5O3. The molecule has 0 radical (unpaired) electrons. The maximum Gasteiger partial charge on any atom is 0.262 e. The number of anilines is 1. The van der Waals surface area contributed by atoms with E-state index in [1.54, 1.807) is 12.1 Å². The van der Waals surface area contributed by atoms with Gasteiger partial charge in [-0.05, 0) is 42.7 Å². The Balaban J connectivity index is 1.47. The Labute approximate surface area is 185 Å². The number of allylic oxidation sites excluding steroid dienone is 1. The number of rotatable bonds is 6. The predicted molar refractivity (Wildman–Crippen MR) is 119 cm³/mol. The largest absolute Gasteiger partial charge is 0.484 e. The van der Waals surface area contributed by atoms with Crippen molar-refractivity contribution in [3.63, 3.8) is 0 Å². The lowest BCUT2D eigenvalue weighted by molar-refractivity contribution is -0.118. The number of amides is 1. The van der Waals surface area contributed by atoms with E-state index in [1.807, 2.05) is 50.2 Å². The van der Waals surface area contributed by atoms with Crippen molar-refractivity contribution in [2.45, 2.75) is 26.2 Å². The number of aryl methyl sites for hydroxylation is 2. The fourth-order valence-corrected chi connectivity index (χ4v) is 3.77. The number of carbonyl (C=O) groups is 1. The molecule has 0 spiro atoms. The fraction of sp³-hybridized carbons (Fsp3) is 0.208. The number of para-hydroxylation sites is 1. The van der Waals surface area contributed by atoms with Crippen molar-refractivity contribution in [1.29, 1.82) is 5.26 Å². The monoisotopic (exact) mass is 429 g/mol. The number of ether oxygens (including phenoxy) is 2. The van der Waals surface area contributed by atoms with Gasteiger partial charge in [0.25, 0.3) is 5.91 Å². The number of benzene rings is 2. The number of nitrogens with two attached hydrogens (primary N) is 1. The Bertz CT molecular complexity index is 1220. The van der Waals surface area contributed by atoms with E-state index in [4.69, 9.17) is 15.2 Å². The molecule has 0 fully saturated rings. The highest BCUT2D eigenvalue weighted by atomic mass is 16.5. The molecule has 0 aliphatic carbocycles. The average Bonchev–Trinajstić information content (AvgIpc) is 3.17. The van der Waals surface area contributed by atoms with E-state index in [0.29, 0.717) is 17.2 Å². The molecule has 4 rings (SSSR count). The first-order valence-corrected chi connectivity index (χ1v) is 10.2. The van der Waals surface area contributed by atoms with Gasteiger partial charge in [-0.2, -0.15) is 5.26 Å². The number of hydrogen-bond donors (Lipinski definition) is 3. The van der Waals surface area contributed by atoms with Gasteiger partial charge in [-0.25, -0.2) is 0 Å². The zero-order chi connectivity index (χ0) is 22.7. The van der Waals surface area contributed by atoms with Crippen LogP contribution in [-0.2, 0) is 11.2 Å². The lowest BCUT2D eigenvalue weighted by Crippen LogP contribution is -2.21. The van der Waals surface area contributed by atoms with Crippen LogP contribution in [0.15, 0.2) is 60.0 Å². The molecule has 1 aliphatic rings. The third-order valence-electron chi connectivity index (χ3n) is 5.39. The molecule has 8 heteroatoms. The minimum atomic E-state index is -0.398. The van der Waals surface area contributed by atoms with Crippen molar-refractivity contribution in [3.8, 4) is 17.7 Å². The summed E-state index contributed by atoms with van der Waals surface area (Å²) in [4.78, 5) is 12.3. The normalized spacial score (nSPS) is 14.8. The average molecular weight is 429 g/mol. The van der Waals surface area contributed by atoms with Gasteiger partial charge in [0.05, 0.1) is 5.92 Å². The number of aromatic nitrogens is 2. The summed E-state index contributed by atoms with van der Waals surface area (Å²) in [7, 11) is 0. The molecule has 0 bridgehead atoms. The summed E-state index contributed by atoms with van der Waals surface area (Å²) >= 11 is 0. The SMILES string of the molecule is CCc1ccccc1NC(=O)COc1ccc(C2C(C#N)=C(N)Oc3n[nH]c(C)c32)cc1. The maximum absolute atomic E-state index is 12.3. The lowest BCUT2D eigenvalue weighted by Gasteiger charge is -2.23. The summed E-state index contributed by atoms with van der Waals surface area (Å²) in [5.74, 6) is 0.319. The molecule has 1 aliphatic heterocycles. The van der Waals surface area contributed by atoms with Crippen molar-refractivity contribution < 1.29 is 14.3 Å². The third-order valence-corrected chi connectivity index (χ3v) is 5.39. The molecule has 0 saturated heterocycles. The minimum Gasteiger partial charge on any atom is -0.484 e. The minimum absolute atomic E-state index is 0.0425. The van der Waals surface area contributed by atoms with Gasteiger partial charge in [0.1, 0.15) is 17.4 Å². The predicted octanol–water partition coefficient (Wildman–Crippen LogP) is 3.52. The van der Waals surface area contributed by atoms with Crippen molar-refractivity contribution in [1.82, 2.24) is 10.2 Å². The molecular weight excluding hydrogens is 406 g/mol. The first-order chi connectivity index (χ1) is 15.5. The zero-order valence-corrected chi connectivity index (χ0v) is 17.8. The number of nitrogens with one attached hydrogen (secondary N) is 2. The van der Waals surface area contributed by atoms with Crippen LogP contribution in [0.25, 0.3) is 0 Å². The van der Waals surface area contributed by atoms with Gasteiger partial charge in [-0.3, -0.25) is 9.89 Å². The molecule has 8 nitrogen and oxygen atoms in total. The highest BCUT2D eigenvalue weighted by Crippen LogP contribution is 2.42. The molecule has 1 atom stereocenters. The van der Waals surface area contributed by atoms with Gasteiger partial charge in [0.15, 0.2) is 6.61 Å². The number of aromatic amines is 1. The van der Waals surface area contributed by atoms with Crippen LogP contribution in [0.5, 0.6) is 11.6 Å². The van der Waals surface area contributed by atoms with Gasteiger partial charge in [-0.15, -0.1) is 5.10 Å². The molecule has 3 aromatic rings. The molecule has 1 amide bonds. The van der Waals surface area contributed by atoms with E-state index in [0.717, 1.165) is 34.5 Å². The van der Waals surface area contributed by atoms with Crippen molar-refractivity contribution in [2.75, 3.05) is 11.9 Å². The van der Waals surface area contributed by atoms with E-state index in [1.165, 1.54) is 0 Å². The second-order valence-electron chi connectivity index (χ2n) is 7.41. The lowest BCUT2D eigenvalue weighted by atomic mass is 9.84. The number of nitrogens with zero attached hydrogens (tertiary/aromatic N) is 2. The van der Waals surface area contributed by atoms with E-state index in [-0.39, 0.29) is 18.4 Å². The van der Waals surface area contributed by atoms with Crippen LogP contribution in [0.4, 0.5) is 5.69 Å². The Morgan fingerprint density at radius 2 is 2.03 bits per heavy atom. The van der Waals surface area contributed by atoms with Crippen LogP contribution in [-0.4, -0.2) is 22.7 Å². The number of hydrogen-bond acceptors (Lipinski definition) is 6. The van der Waals surface area contributed by atoms with Crippen molar-refractivity contribution >= 4 is 11.6 Å². The highest BCUT2D eigenvalue weighted by molar-refractivity contribution is 5.92. The van der Waals surface area contributed by atoms with E-state index in [9.17, 15) is 10.1 Å². The number of H-pyrrole nitrogens is 1. The third kappa shape index (κ3) is 4.01.